The molecule has 1 heterocycles. The molecule has 8 heteroatoms. The van der Waals surface area contributed by atoms with Gasteiger partial charge in [-0.2, -0.15) is 10.4 Å². The fourth-order valence-electron chi connectivity index (χ4n) is 1.56. The smallest absolute Gasteiger partial charge is 0.240 e. The molecule has 2 rings (SSSR count). The highest BCUT2D eigenvalue weighted by molar-refractivity contribution is 7.89. The number of aryl methyl sites for hydroxylation is 1. The third kappa shape index (κ3) is 2.99. The molecular formula is C12H11ClN4O2S. The van der Waals surface area contributed by atoms with E-state index in [1.54, 1.807) is 13.1 Å². The second kappa shape index (κ2) is 5.63. The Morgan fingerprint density at radius 1 is 1.50 bits per heavy atom. The second-order valence-electron chi connectivity index (χ2n) is 4.10. The first-order valence-corrected chi connectivity index (χ1v) is 7.48. The number of halogens is 1. The van der Waals surface area contributed by atoms with Crippen LogP contribution in [0.3, 0.4) is 0 Å². The van der Waals surface area contributed by atoms with Crippen molar-refractivity contribution in [2.24, 2.45) is 0 Å². The lowest BCUT2D eigenvalue weighted by Gasteiger charge is -2.07. The number of benzene rings is 1. The van der Waals surface area contributed by atoms with Gasteiger partial charge in [-0.05, 0) is 25.1 Å². The van der Waals surface area contributed by atoms with Crippen LogP contribution in [0.1, 0.15) is 16.8 Å². The highest BCUT2D eigenvalue weighted by Gasteiger charge is 2.16. The molecule has 0 atom stereocenters. The summed E-state index contributed by atoms with van der Waals surface area (Å²) in [4.78, 5) is 0.0163. The number of rotatable bonds is 4. The summed E-state index contributed by atoms with van der Waals surface area (Å²) in [5.74, 6) is 0. The van der Waals surface area contributed by atoms with E-state index in [4.69, 9.17) is 16.9 Å². The molecule has 0 saturated carbocycles. The third-order valence-electron chi connectivity index (χ3n) is 2.76. The van der Waals surface area contributed by atoms with E-state index >= 15 is 0 Å². The van der Waals surface area contributed by atoms with Crippen LogP contribution in [0.5, 0.6) is 0 Å². The van der Waals surface area contributed by atoms with E-state index in [2.05, 4.69) is 14.9 Å². The van der Waals surface area contributed by atoms with E-state index in [-0.39, 0.29) is 22.0 Å². The SMILES string of the molecule is Cc1[nH]ncc1CNS(=O)(=O)c1ccc(C#N)c(Cl)c1. The molecular weight excluding hydrogens is 300 g/mol. The number of aromatic nitrogens is 2. The van der Waals surface area contributed by atoms with Crippen LogP contribution >= 0.6 is 11.6 Å². The molecule has 1 aromatic carbocycles. The first-order valence-electron chi connectivity index (χ1n) is 5.62. The summed E-state index contributed by atoms with van der Waals surface area (Å²) in [6, 6.07) is 5.85. The fraction of sp³-hybridized carbons (Fsp3) is 0.167. The van der Waals surface area contributed by atoms with Gasteiger partial charge in [-0.3, -0.25) is 5.10 Å². The van der Waals surface area contributed by atoms with Crippen LogP contribution in [0.15, 0.2) is 29.3 Å². The Morgan fingerprint density at radius 3 is 2.80 bits per heavy atom. The Morgan fingerprint density at radius 2 is 2.25 bits per heavy atom. The molecule has 0 aliphatic carbocycles. The van der Waals surface area contributed by atoms with Gasteiger partial charge in [0.25, 0.3) is 0 Å². The molecule has 6 nitrogen and oxygen atoms in total. The fourth-order valence-corrected chi connectivity index (χ4v) is 2.88. The van der Waals surface area contributed by atoms with Crippen LogP contribution in [-0.4, -0.2) is 18.6 Å². The maximum absolute atomic E-state index is 12.1. The molecule has 20 heavy (non-hydrogen) atoms. The molecule has 2 N–H and O–H groups in total. The van der Waals surface area contributed by atoms with Crippen molar-refractivity contribution < 1.29 is 8.42 Å². The number of nitrogens with zero attached hydrogens (tertiary/aromatic N) is 2. The minimum absolute atomic E-state index is 0.0163. The number of sulfonamides is 1. The number of aromatic amines is 1. The first kappa shape index (κ1) is 14.5. The lowest BCUT2D eigenvalue weighted by Crippen LogP contribution is -2.23. The number of hydrogen-bond acceptors (Lipinski definition) is 4. The van der Waals surface area contributed by atoms with Crippen molar-refractivity contribution >= 4 is 21.6 Å². The van der Waals surface area contributed by atoms with Crippen LogP contribution in [0.4, 0.5) is 0 Å². The third-order valence-corrected chi connectivity index (χ3v) is 4.47. The van der Waals surface area contributed by atoms with E-state index < -0.39 is 10.0 Å². The predicted octanol–water partition coefficient (Wildman–Crippen LogP) is 1.72. The molecule has 0 aliphatic heterocycles. The summed E-state index contributed by atoms with van der Waals surface area (Å²) in [5.41, 5.74) is 1.79. The van der Waals surface area contributed by atoms with Gasteiger partial charge in [0.2, 0.25) is 10.0 Å². The Hall–Kier alpha value is -1.88. The summed E-state index contributed by atoms with van der Waals surface area (Å²) in [6.07, 6.45) is 1.56. The Labute approximate surface area is 121 Å². The minimum atomic E-state index is -3.69. The van der Waals surface area contributed by atoms with Gasteiger partial charge in [-0.1, -0.05) is 11.6 Å². The molecule has 0 radical (unpaired) electrons. The zero-order valence-corrected chi connectivity index (χ0v) is 12.1. The largest absolute Gasteiger partial charge is 0.283 e. The zero-order chi connectivity index (χ0) is 14.8. The van der Waals surface area contributed by atoms with Crippen molar-refractivity contribution in [3.05, 3.63) is 46.2 Å². The molecule has 0 bridgehead atoms. The predicted molar refractivity (Wildman–Crippen MR) is 73.5 cm³/mol. The summed E-state index contributed by atoms with van der Waals surface area (Å²) < 4.78 is 26.7. The average molecular weight is 311 g/mol. The number of H-pyrrole nitrogens is 1. The molecule has 0 saturated heterocycles. The van der Waals surface area contributed by atoms with Crippen molar-refractivity contribution in [3.63, 3.8) is 0 Å². The monoisotopic (exact) mass is 310 g/mol. The van der Waals surface area contributed by atoms with Crippen molar-refractivity contribution in [1.82, 2.24) is 14.9 Å². The number of hydrogen-bond donors (Lipinski definition) is 2. The first-order chi connectivity index (χ1) is 9.44. The van der Waals surface area contributed by atoms with Gasteiger partial charge in [0.1, 0.15) is 6.07 Å². The summed E-state index contributed by atoms with van der Waals surface area (Å²) >= 11 is 5.83. The van der Waals surface area contributed by atoms with E-state index in [0.29, 0.717) is 0 Å². The van der Waals surface area contributed by atoms with Gasteiger partial charge in [0, 0.05) is 17.8 Å². The number of nitriles is 1. The molecule has 0 unspecified atom stereocenters. The molecule has 104 valence electrons. The molecule has 2 aromatic rings. The second-order valence-corrected chi connectivity index (χ2v) is 6.27. The van der Waals surface area contributed by atoms with Crippen LogP contribution < -0.4 is 4.72 Å². The summed E-state index contributed by atoms with van der Waals surface area (Å²) in [6.45, 7) is 1.93. The summed E-state index contributed by atoms with van der Waals surface area (Å²) in [7, 11) is -3.69. The Kier molecular flexibility index (Phi) is 4.09. The maximum Gasteiger partial charge on any atom is 0.240 e. The van der Waals surface area contributed by atoms with Gasteiger partial charge in [0.05, 0.1) is 21.7 Å². The Bertz CT molecular complexity index is 777. The Balaban J connectivity index is 2.21. The highest BCUT2D eigenvalue weighted by Crippen LogP contribution is 2.20. The normalized spacial score (nSPS) is 11.2. The number of nitrogens with one attached hydrogen (secondary N) is 2. The molecule has 0 fully saturated rings. The molecule has 0 aliphatic rings. The zero-order valence-electron chi connectivity index (χ0n) is 10.5. The van der Waals surface area contributed by atoms with E-state index in [1.807, 2.05) is 6.07 Å². The highest BCUT2D eigenvalue weighted by atomic mass is 35.5. The quantitative estimate of drug-likeness (QED) is 0.898. The average Bonchev–Trinajstić information content (AvgIpc) is 2.82. The van der Waals surface area contributed by atoms with Crippen LogP contribution in [0.2, 0.25) is 5.02 Å². The van der Waals surface area contributed by atoms with Crippen molar-refractivity contribution in [2.75, 3.05) is 0 Å². The summed E-state index contributed by atoms with van der Waals surface area (Å²) in [5, 5.41) is 15.4. The van der Waals surface area contributed by atoms with Crippen LogP contribution in [-0.2, 0) is 16.6 Å². The topological polar surface area (TPSA) is 98.6 Å². The van der Waals surface area contributed by atoms with Gasteiger partial charge >= 0.3 is 0 Å². The van der Waals surface area contributed by atoms with Crippen molar-refractivity contribution in [2.45, 2.75) is 18.4 Å². The van der Waals surface area contributed by atoms with Crippen LogP contribution in [0.25, 0.3) is 0 Å². The van der Waals surface area contributed by atoms with Gasteiger partial charge < -0.3 is 0 Å². The van der Waals surface area contributed by atoms with Gasteiger partial charge in [-0.25, -0.2) is 13.1 Å². The van der Waals surface area contributed by atoms with Crippen molar-refractivity contribution in [3.8, 4) is 6.07 Å². The van der Waals surface area contributed by atoms with Crippen molar-refractivity contribution in [1.29, 1.82) is 5.26 Å². The van der Waals surface area contributed by atoms with Crippen LogP contribution in [0, 0.1) is 18.3 Å². The van der Waals surface area contributed by atoms with E-state index in [0.717, 1.165) is 11.3 Å². The van der Waals surface area contributed by atoms with Gasteiger partial charge in [-0.15, -0.1) is 0 Å². The van der Waals surface area contributed by atoms with Gasteiger partial charge in [0.15, 0.2) is 0 Å². The maximum atomic E-state index is 12.1. The van der Waals surface area contributed by atoms with E-state index in [1.165, 1.54) is 18.2 Å². The lowest BCUT2D eigenvalue weighted by atomic mass is 10.2. The molecule has 0 amide bonds. The standard InChI is InChI=1S/C12H11ClN4O2S/c1-8-10(6-15-17-8)7-16-20(18,19)11-3-2-9(5-14)12(13)4-11/h2-4,6,16H,7H2,1H3,(H,15,17). The van der Waals surface area contributed by atoms with E-state index in [9.17, 15) is 8.42 Å². The minimum Gasteiger partial charge on any atom is -0.283 e. The molecule has 1 aromatic heterocycles. The lowest BCUT2D eigenvalue weighted by molar-refractivity contribution is 0.581. The molecule has 0 spiro atoms.